The highest BCUT2D eigenvalue weighted by atomic mass is 16.5. The normalized spacial score (nSPS) is 22.5. The van der Waals surface area contributed by atoms with E-state index in [1.54, 1.807) is 30.4 Å². The fourth-order valence-corrected chi connectivity index (χ4v) is 9.06. The number of hydrogen-bond acceptors (Lipinski definition) is 8. The van der Waals surface area contributed by atoms with Crippen molar-refractivity contribution in [3.05, 3.63) is 103 Å². The highest BCUT2D eigenvalue weighted by Gasteiger charge is 2.52. The van der Waals surface area contributed by atoms with Crippen molar-refractivity contribution < 1.29 is 23.9 Å². The summed E-state index contributed by atoms with van der Waals surface area (Å²) in [5.41, 5.74) is 6.98. The predicted molar refractivity (Wildman–Crippen MR) is 210 cm³/mol. The van der Waals surface area contributed by atoms with Gasteiger partial charge in [0.05, 0.1) is 49.0 Å². The third kappa shape index (κ3) is 7.43. The lowest BCUT2D eigenvalue weighted by Gasteiger charge is -2.30. The number of alkyl carbamates (subject to hydrolysis) is 1. The predicted octanol–water partition coefficient (Wildman–Crippen LogP) is 6.40. The van der Waals surface area contributed by atoms with Crippen LogP contribution in [0.1, 0.15) is 68.2 Å². The number of aromatic amines is 2. The summed E-state index contributed by atoms with van der Waals surface area (Å²) in [4.78, 5) is 61.6. The molecule has 3 aliphatic rings. The average molecular weight is 757 g/mol. The molecule has 0 spiro atoms. The largest absolute Gasteiger partial charge is 0.453 e. The molecule has 13 heteroatoms. The van der Waals surface area contributed by atoms with E-state index in [0.717, 1.165) is 77.1 Å². The highest BCUT2D eigenvalue weighted by Crippen LogP contribution is 2.56. The smallest absolute Gasteiger partial charge is 0.407 e. The minimum atomic E-state index is -0.885. The van der Waals surface area contributed by atoms with Gasteiger partial charge in [0, 0.05) is 38.5 Å². The van der Waals surface area contributed by atoms with E-state index in [9.17, 15) is 14.4 Å². The Morgan fingerprint density at radius 3 is 2.12 bits per heavy atom. The number of fused-ring (bicyclic) bond motifs is 2. The molecule has 4 unspecified atom stereocenters. The second-order valence-electron chi connectivity index (χ2n) is 15.2. The maximum Gasteiger partial charge on any atom is 0.407 e. The molecule has 3 aromatic heterocycles. The van der Waals surface area contributed by atoms with Gasteiger partial charge in [-0.15, -0.1) is 0 Å². The highest BCUT2D eigenvalue weighted by molar-refractivity contribution is 5.87. The first kappa shape index (κ1) is 37.1. The zero-order valence-electron chi connectivity index (χ0n) is 31.9. The first-order chi connectivity index (χ1) is 27.3. The number of methoxy groups -OCH3 is 2. The molecule has 4 N–H and O–H groups in total. The minimum Gasteiger partial charge on any atom is -0.453 e. The molecule has 2 saturated carbocycles. The number of hydrogen-bond donors (Lipinski definition) is 4. The molecular formula is C43H48N8O5. The van der Waals surface area contributed by atoms with E-state index in [1.807, 2.05) is 18.3 Å². The second-order valence-corrected chi connectivity index (χ2v) is 15.2. The number of rotatable bonds is 12. The van der Waals surface area contributed by atoms with Gasteiger partial charge >= 0.3 is 6.09 Å². The lowest BCUT2D eigenvalue weighted by atomic mass is 9.78. The van der Waals surface area contributed by atoms with E-state index in [1.165, 1.54) is 14.2 Å². The van der Waals surface area contributed by atoms with Crippen LogP contribution in [-0.4, -0.2) is 80.6 Å². The summed E-state index contributed by atoms with van der Waals surface area (Å²) in [5, 5.41) is 5.80. The first-order valence-corrected chi connectivity index (χ1v) is 19.5. The first-order valence-electron chi connectivity index (χ1n) is 19.5. The van der Waals surface area contributed by atoms with Crippen molar-refractivity contribution in [3.63, 3.8) is 0 Å². The second kappa shape index (κ2) is 16.1. The van der Waals surface area contributed by atoms with Gasteiger partial charge in [-0.05, 0) is 84.7 Å². The summed E-state index contributed by atoms with van der Waals surface area (Å²) in [6, 6.07) is 19.5. The van der Waals surface area contributed by atoms with Crippen molar-refractivity contribution in [2.24, 2.45) is 17.8 Å². The molecule has 7 atom stereocenters. The van der Waals surface area contributed by atoms with Crippen LogP contribution in [0.5, 0.6) is 0 Å². The van der Waals surface area contributed by atoms with Gasteiger partial charge in [0.15, 0.2) is 0 Å². The van der Waals surface area contributed by atoms with Crippen molar-refractivity contribution in [3.8, 4) is 33.6 Å². The number of H-pyrrole nitrogens is 2. The Bertz CT molecular complexity index is 2150. The van der Waals surface area contributed by atoms with Crippen molar-refractivity contribution in [2.45, 2.75) is 69.7 Å². The average Bonchev–Trinajstić information content (AvgIpc) is 4.10. The Kier molecular flexibility index (Phi) is 10.7. The molecule has 4 heterocycles. The molecule has 3 amide bonds. The zero-order chi connectivity index (χ0) is 38.8. The molecule has 3 fully saturated rings. The van der Waals surface area contributed by atoms with Crippen molar-refractivity contribution in [1.29, 1.82) is 0 Å². The van der Waals surface area contributed by atoms with Gasteiger partial charge in [0.1, 0.15) is 17.7 Å². The number of carbonyl (C=O) groups is 3. The van der Waals surface area contributed by atoms with Gasteiger partial charge in [-0.2, -0.15) is 0 Å². The maximum absolute atomic E-state index is 13.6. The van der Waals surface area contributed by atoms with E-state index in [-0.39, 0.29) is 29.7 Å². The summed E-state index contributed by atoms with van der Waals surface area (Å²) in [7, 11) is 2.77. The number of amides is 3. The Balaban J connectivity index is 0.918. The summed E-state index contributed by atoms with van der Waals surface area (Å²) in [6.45, 7) is 2.78. The fourth-order valence-electron chi connectivity index (χ4n) is 9.06. The maximum atomic E-state index is 13.6. The molecule has 13 nitrogen and oxygen atoms in total. The summed E-state index contributed by atoms with van der Waals surface area (Å²) >= 11 is 0. The van der Waals surface area contributed by atoms with Gasteiger partial charge in [0.25, 0.3) is 0 Å². The van der Waals surface area contributed by atoms with Crippen LogP contribution in [0.4, 0.5) is 4.79 Å². The lowest BCUT2D eigenvalue weighted by Crippen LogP contribution is -2.54. The summed E-state index contributed by atoms with van der Waals surface area (Å²) in [5.74, 6) is 2.35. The number of nitrogens with one attached hydrogen (secondary N) is 4. The molecule has 5 aromatic rings. The molecule has 290 valence electrons. The van der Waals surface area contributed by atoms with Crippen LogP contribution in [0.15, 0.2) is 85.5 Å². The Hall–Kier alpha value is -5.82. The number of carbonyl (C=O) groups excluding carboxylic acids is 3. The number of benzene rings is 2. The lowest BCUT2D eigenvalue weighted by molar-refractivity contribution is -0.137. The molecule has 8 rings (SSSR count). The summed E-state index contributed by atoms with van der Waals surface area (Å²) < 4.78 is 10.2. The zero-order valence-corrected chi connectivity index (χ0v) is 31.9. The molecule has 2 aliphatic carbocycles. The number of likely N-dealkylation sites (tertiary alicyclic amines) is 1. The molecule has 1 saturated heterocycles. The Morgan fingerprint density at radius 1 is 0.839 bits per heavy atom. The molecular weight excluding hydrogens is 709 g/mol. The van der Waals surface area contributed by atoms with Gasteiger partial charge in [-0.3, -0.25) is 14.6 Å². The number of aromatic nitrogens is 5. The van der Waals surface area contributed by atoms with Crippen LogP contribution in [0.25, 0.3) is 33.6 Å². The monoisotopic (exact) mass is 756 g/mol. The third-order valence-electron chi connectivity index (χ3n) is 12.1. The topological polar surface area (TPSA) is 167 Å². The number of ether oxygens (including phenoxy) is 2. The van der Waals surface area contributed by atoms with Crippen LogP contribution in [0.2, 0.25) is 0 Å². The van der Waals surface area contributed by atoms with Gasteiger partial charge in [-0.1, -0.05) is 54.6 Å². The van der Waals surface area contributed by atoms with E-state index in [4.69, 9.17) is 14.5 Å². The van der Waals surface area contributed by atoms with Gasteiger partial charge in [-0.25, -0.2) is 14.8 Å². The van der Waals surface area contributed by atoms with E-state index in [2.05, 4.69) is 79.1 Å². The molecule has 56 heavy (non-hydrogen) atoms. The number of imidazole rings is 2. The van der Waals surface area contributed by atoms with Crippen LogP contribution >= 0.6 is 0 Å². The quantitative estimate of drug-likeness (QED) is 0.114. The Labute approximate surface area is 326 Å². The van der Waals surface area contributed by atoms with Crippen molar-refractivity contribution in [2.75, 3.05) is 20.8 Å². The van der Waals surface area contributed by atoms with E-state index < -0.39 is 18.2 Å². The molecule has 0 radical (unpaired) electrons. The number of nitrogens with zero attached hydrogens (tertiary/aromatic N) is 4. The van der Waals surface area contributed by atoms with Crippen LogP contribution in [0.3, 0.4) is 0 Å². The van der Waals surface area contributed by atoms with Crippen LogP contribution in [0, 0.1) is 17.8 Å². The molecule has 2 aromatic carbocycles. The minimum absolute atomic E-state index is 0.0793. The number of pyridine rings is 1. The van der Waals surface area contributed by atoms with E-state index in [0.29, 0.717) is 30.7 Å². The van der Waals surface area contributed by atoms with Crippen LogP contribution < -0.4 is 10.6 Å². The Morgan fingerprint density at radius 2 is 1.48 bits per heavy atom. The third-order valence-corrected chi connectivity index (χ3v) is 12.1. The fraction of sp³-hybridized carbons (Fsp3) is 0.395. The SMILES string of the molecule is COC(=O)N[C@H](C(=O)N1CCC[C@H]1c1ncc(-c2ccc(-c3ccc(-c4cnc(C5C6CCC(C6)C5C(=O)NCc5cccnc5)[nH]4)cc3)cc2)[nH]1)[C@@H](C)OC. The molecule has 1 aliphatic heterocycles. The van der Waals surface area contributed by atoms with Gasteiger partial charge in [0.2, 0.25) is 11.8 Å². The van der Waals surface area contributed by atoms with Crippen LogP contribution in [-0.2, 0) is 25.6 Å². The standard InChI is InChI=1S/C43H48N8O5/c1-25(55-2)38(50-43(54)56-3)42(53)51-19-5-7-35(51)39-45-23-33(48-39)29-12-8-27(9-13-29)28-10-14-30(15-11-28)34-24-46-40(49-34)36-31-16-17-32(20-31)37(36)41(52)47-22-26-6-4-18-44-21-26/h4,6,8-15,18,21,23-25,31-32,35-38H,5,7,16-17,19-20,22H2,1-3H3,(H,45,48)(H,46,49)(H,47,52)(H,50,54)/t25-,31?,32?,35+,36?,37?,38+/m1/s1. The van der Waals surface area contributed by atoms with Crippen molar-refractivity contribution in [1.82, 2.24) is 40.5 Å². The van der Waals surface area contributed by atoms with Gasteiger partial charge < -0.3 is 35.0 Å². The molecule has 2 bridgehead atoms. The van der Waals surface area contributed by atoms with Crippen molar-refractivity contribution >= 4 is 17.9 Å². The van der Waals surface area contributed by atoms with E-state index >= 15 is 0 Å². The summed E-state index contributed by atoms with van der Waals surface area (Å²) in [6.07, 6.45) is 10.9.